The lowest BCUT2D eigenvalue weighted by molar-refractivity contribution is 0.231. The molecule has 0 aromatic carbocycles. The van der Waals surface area contributed by atoms with Crippen molar-refractivity contribution in [3.05, 3.63) is 24.2 Å². The summed E-state index contributed by atoms with van der Waals surface area (Å²) in [6.07, 6.45) is 3.47. The summed E-state index contributed by atoms with van der Waals surface area (Å²) >= 11 is 1.52. The van der Waals surface area contributed by atoms with Crippen LogP contribution >= 0.6 is 11.8 Å². The van der Waals surface area contributed by atoms with Crippen LogP contribution in [0.5, 0.6) is 0 Å². The van der Waals surface area contributed by atoms with Gasteiger partial charge in [0.2, 0.25) is 0 Å². The highest BCUT2D eigenvalue weighted by Gasteiger charge is 2.17. The molecule has 0 aliphatic rings. The summed E-state index contributed by atoms with van der Waals surface area (Å²) in [5.41, 5.74) is 0. The predicted molar refractivity (Wildman–Crippen MR) is 67.9 cm³/mol. The van der Waals surface area contributed by atoms with E-state index >= 15 is 0 Å². The van der Waals surface area contributed by atoms with E-state index < -0.39 is 0 Å². The van der Waals surface area contributed by atoms with Crippen LogP contribution in [0, 0.1) is 0 Å². The molecule has 17 heavy (non-hydrogen) atoms. The first-order chi connectivity index (χ1) is 8.17. The van der Waals surface area contributed by atoms with Crippen LogP contribution in [0.1, 0.15) is 12.7 Å². The molecule has 0 radical (unpaired) electrons. The van der Waals surface area contributed by atoms with Gasteiger partial charge in [-0.05, 0) is 25.3 Å². The van der Waals surface area contributed by atoms with E-state index in [9.17, 15) is 4.79 Å². The summed E-state index contributed by atoms with van der Waals surface area (Å²) in [6.45, 7) is 2.26. The van der Waals surface area contributed by atoms with Crippen LogP contribution in [0.15, 0.2) is 22.8 Å². The Morgan fingerprint density at radius 2 is 2.41 bits per heavy atom. The van der Waals surface area contributed by atoms with Crippen molar-refractivity contribution >= 4 is 17.8 Å². The zero-order valence-electron chi connectivity index (χ0n) is 9.97. The highest BCUT2D eigenvalue weighted by molar-refractivity contribution is 7.99. The predicted octanol–water partition coefficient (Wildman–Crippen LogP) is 1.19. The van der Waals surface area contributed by atoms with E-state index in [-0.39, 0.29) is 23.9 Å². The molecule has 1 aromatic heterocycles. The van der Waals surface area contributed by atoms with E-state index in [1.165, 1.54) is 11.8 Å². The fourth-order valence-corrected chi connectivity index (χ4v) is 1.99. The molecule has 1 heterocycles. The van der Waals surface area contributed by atoms with Gasteiger partial charge in [-0.15, -0.1) is 0 Å². The standard InChI is InChI=1S/C11H18N2O3S/c1-8(10(7-14)17-2)13-11(15)12-6-9-4-3-5-16-9/h3-5,8,10,14H,6-7H2,1-2H3,(H2,12,13,15). The molecule has 1 rings (SSSR count). The van der Waals surface area contributed by atoms with Gasteiger partial charge < -0.3 is 20.2 Å². The maximum atomic E-state index is 11.5. The normalized spacial score (nSPS) is 14.1. The van der Waals surface area contributed by atoms with Gasteiger partial charge in [0.1, 0.15) is 5.76 Å². The SMILES string of the molecule is CSC(CO)C(C)NC(=O)NCc1ccco1. The molecule has 0 bridgehead atoms. The third-order valence-corrected chi connectivity index (χ3v) is 3.57. The van der Waals surface area contributed by atoms with Crippen LogP contribution in [-0.2, 0) is 6.54 Å². The lowest BCUT2D eigenvalue weighted by Gasteiger charge is -2.21. The summed E-state index contributed by atoms with van der Waals surface area (Å²) in [7, 11) is 0. The topological polar surface area (TPSA) is 74.5 Å². The van der Waals surface area contributed by atoms with Crippen molar-refractivity contribution in [3.63, 3.8) is 0 Å². The van der Waals surface area contributed by atoms with Crippen molar-refractivity contribution in [1.82, 2.24) is 10.6 Å². The third-order valence-electron chi connectivity index (χ3n) is 2.40. The van der Waals surface area contributed by atoms with E-state index in [1.807, 2.05) is 13.2 Å². The van der Waals surface area contributed by atoms with Crippen LogP contribution in [0.3, 0.4) is 0 Å². The first-order valence-electron chi connectivity index (χ1n) is 5.37. The molecule has 3 N–H and O–H groups in total. The summed E-state index contributed by atoms with van der Waals surface area (Å²) in [4.78, 5) is 11.5. The third kappa shape index (κ3) is 4.70. The molecule has 0 fully saturated rings. The van der Waals surface area contributed by atoms with Gasteiger partial charge in [0.15, 0.2) is 0 Å². The molecule has 6 heteroatoms. The summed E-state index contributed by atoms with van der Waals surface area (Å²) in [5.74, 6) is 0.705. The summed E-state index contributed by atoms with van der Waals surface area (Å²) < 4.78 is 5.09. The molecule has 1 aromatic rings. The number of nitrogens with one attached hydrogen (secondary N) is 2. The van der Waals surface area contributed by atoms with Crippen molar-refractivity contribution < 1.29 is 14.3 Å². The number of furan rings is 1. The number of aliphatic hydroxyl groups excluding tert-OH is 1. The van der Waals surface area contributed by atoms with Crippen molar-refractivity contribution in [1.29, 1.82) is 0 Å². The molecule has 5 nitrogen and oxygen atoms in total. The highest BCUT2D eigenvalue weighted by Crippen LogP contribution is 2.09. The van der Waals surface area contributed by atoms with Gasteiger partial charge in [-0.1, -0.05) is 0 Å². The van der Waals surface area contributed by atoms with E-state index in [1.54, 1.807) is 18.4 Å². The number of carbonyl (C=O) groups excluding carboxylic acids is 1. The Kier molecular flexibility index (Phi) is 5.93. The molecule has 2 atom stereocenters. The Morgan fingerprint density at radius 3 is 2.94 bits per heavy atom. The number of carbonyl (C=O) groups is 1. The second-order valence-electron chi connectivity index (χ2n) is 3.65. The molecule has 96 valence electrons. The molecule has 0 saturated carbocycles. The number of rotatable bonds is 6. The fourth-order valence-electron chi connectivity index (χ4n) is 1.37. The zero-order valence-corrected chi connectivity index (χ0v) is 10.8. The van der Waals surface area contributed by atoms with Crippen LogP contribution in [0.25, 0.3) is 0 Å². The van der Waals surface area contributed by atoms with E-state index in [2.05, 4.69) is 10.6 Å². The Morgan fingerprint density at radius 1 is 1.65 bits per heavy atom. The first-order valence-corrected chi connectivity index (χ1v) is 6.66. The minimum atomic E-state index is -0.263. The molecular formula is C11H18N2O3S. The van der Waals surface area contributed by atoms with Gasteiger partial charge in [0.05, 0.1) is 19.4 Å². The van der Waals surface area contributed by atoms with Crippen molar-refractivity contribution in [2.24, 2.45) is 0 Å². The Labute approximate surface area is 105 Å². The molecule has 0 aliphatic heterocycles. The molecular weight excluding hydrogens is 240 g/mol. The molecule has 2 unspecified atom stereocenters. The van der Waals surface area contributed by atoms with Crippen LogP contribution in [-0.4, -0.2) is 35.3 Å². The van der Waals surface area contributed by atoms with Gasteiger partial charge in [-0.25, -0.2) is 4.79 Å². The Hall–Kier alpha value is -1.14. The minimum Gasteiger partial charge on any atom is -0.467 e. The van der Waals surface area contributed by atoms with E-state index in [0.29, 0.717) is 12.3 Å². The molecule has 2 amide bonds. The maximum Gasteiger partial charge on any atom is 0.315 e. The summed E-state index contributed by atoms with van der Waals surface area (Å²) in [5, 5.41) is 14.5. The average molecular weight is 258 g/mol. The van der Waals surface area contributed by atoms with Gasteiger partial charge in [-0.3, -0.25) is 0 Å². The average Bonchev–Trinajstić information content (AvgIpc) is 2.81. The molecule has 0 spiro atoms. The second kappa shape index (κ2) is 7.24. The largest absolute Gasteiger partial charge is 0.467 e. The monoisotopic (exact) mass is 258 g/mol. The number of hydrogen-bond donors (Lipinski definition) is 3. The number of urea groups is 1. The number of hydrogen-bond acceptors (Lipinski definition) is 4. The van der Waals surface area contributed by atoms with Gasteiger partial charge in [0.25, 0.3) is 0 Å². The molecule has 0 aliphatic carbocycles. The minimum absolute atomic E-state index is 0.00404. The van der Waals surface area contributed by atoms with E-state index in [0.717, 1.165) is 0 Å². The second-order valence-corrected chi connectivity index (χ2v) is 4.73. The quantitative estimate of drug-likeness (QED) is 0.716. The maximum absolute atomic E-state index is 11.5. The van der Waals surface area contributed by atoms with Gasteiger partial charge in [0, 0.05) is 11.3 Å². The van der Waals surface area contributed by atoms with Crippen LogP contribution < -0.4 is 10.6 Å². The smallest absolute Gasteiger partial charge is 0.315 e. The van der Waals surface area contributed by atoms with Crippen LogP contribution in [0.4, 0.5) is 4.79 Å². The lowest BCUT2D eigenvalue weighted by Crippen LogP contribution is -2.45. The van der Waals surface area contributed by atoms with Crippen molar-refractivity contribution in [2.75, 3.05) is 12.9 Å². The van der Waals surface area contributed by atoms with E-state index in [4.69, 9.17) is 9.52 Å². The van der Waals surface area contributed by atoms with Crippen LogP contribution in [0.2, 0.25) is 0 Å². The number of amides is 2. The number of thioether (sulfide) groups is 1. The van der Waals surface area contributed by atoms with Gasteiger partial charge in [-0.2, -0.15) is 11.8 Å². The molecule has 0 saturated heterocycles. The Balaban J connectivity index is 2.29. The number of aliphatic hydroxyl groups is 1. The fraction of sp³-hybridized carbons (Fsp3) is 0.545. The Bertz CT molecular complexity index is 325. The summed E-state index contributed by atoms with van der Waals surface area (Å²) in [6, 6.07) is 3.21. The highest BCUT2D eigenvalue weighted by atomic mass is 32.2. The zero-order chi connectivity index (χ0) is 12.7. The van der Waals surface area contributed by atoms with Crippen molar-refractivity contribution in [2.45, 2.75) is 24.8 Å². The lowest BCUT2D eigenvalue weighted by atomic mass is 10.2. The van der Waals surface area contributed by atoms with Gasteiger partial charge >= 0.3 is 6.03 Å². The first kappa shape index (κ1) is 13.9. The van der Waals surface area contributed by atoms with Crippen molar-refractivity contribution in [3.8, 4) is 0 Å².